The molecule has 0 heterocycles. The number of benzene rings is 1. The molecular formula is C36H55NO3S. The number of rotatable bonds is 10. The van der Waals surface area contributed by atoms with Crippen LogP contribution in [0, 0.1) is 52.3 Å². The Balaban J connectivity index is 1.23. The van der Waals surface area contributed by atoms with Crippen molar-refractivity contribution in [2.24, 2.45) is 52.3 Å². The first-order chi connectivity index (χ1) is 19.5. The lowest BCUT2D eigenvalue weighted by atomic mass is 9.44. The zero-order valence-corrected chi connectivity index (χ0v) is 27.1. The number of hydrogen-bond acceptors (Lipinski definition) is 3. The Hall–Kier alpha value is -1.62. The maximum atomic E-state index is 12.4. The Labute approximate surface area is 250 Å². The third-order valence-electron chi connectivity index (χ3n) is 12.7. The molecule has 4 fully saturated rings. The number of sulfone groups is 1. The molecule has 1 aromatic carbocycles. The first kappa shape index (κ1) is 30.8. The van der Waals surface area contributed by atoms with Gasteiger partial charge in [0.2, 0.25) is 6.41 Å². The standard InChI is InChI=1S/C36H55NO3S/c1-25(2)7-6-8-26(3)32-15-16-33-31-14-11-29-22-28(17-19-35(29,4)34(31)18-20-36(32,33)5)21-27-9-12-30(13-10-27)41(39,40)24-37-23-38/h9-10,12-13,21,23,25-26,29,31-34H,6-8,11,14-20,22,24H2,1-5H3,(H,37,38)/t26-,29?,31+,32-,33+,34+,35+,36-/m1/s1. The Bertz CT molecular complexity index is 1200. The molecular weight excluding hydrogens is 526 g/mol. The third-order valence-corrected chi connectivity index (χ3v) is 14.3. The monoisotopic (exact) mass is 581 g/mol. The summed E-state index contributed by atoms with van der Waals surface area (Å²) in [5, 5.41) is 2.27. The average Bonchev–Trinajstić information content (AvgIpc) is 3.29. The summed E-state index contributed by atoms with van der Waals surface area (Å²) >= 11 is 0. The number of amides is 1. The van der Waals surface area contributed by atoms with Crippen LogP contribution >= 0.6 is 0 Å². The van der Waals surface area contributed by atoms with Crippen molar-refractivity contribution < 1.29 is 13.2 Å². The van der Waals surface area contributed by atoms with Gasteiger partial charge < -0.3 is 5.32 Å². The molecule has 4 aliphatic rings. The summed E-state index contributed by atoms with van der Waals surface area (Å²) in [7, 11) is -3.50. The van der Waals surface area contributed by atoms with Gasteiger partial charge in [0.15, 0.2) is 9.84 Å². The van der Waals surface area contributed by atoms with Gasteiger partial charge >= 0.3 is 0 Å². The van der Waals surface area contributed by atoms with Gasteiger partial charge in [-0.25, -0.2) is 8.42 Å². The van der Waals surface area contributed by atoms with Crippen molar-refractivity contribution in [1.29, 1.82) is 0 Å². The quantitative estimate of drug-likeness (QED) is 0.281. The predicted octanol–water partition coefficient (Wildman–Crippen LogP) is 8.67. The van der Waals surface area contributed by atoms with Gasteiger partial charge in [-0.05, 0) is 128 Å². The molecule has 1 N–H and O–H groups in total. The van der Waals surface area contributed by atoms with Gasteiger partial charge in [-0.2, -0.15) is 0 Å². The first-order valence-electron chi connectivity index (χ1n) is 16.7. The summed E-state index contributed by atoms with van der Waals surface area (Å²) < 4.78 is 24.7. The van der Waals surface area contributed by atoms with Gasteiger partial charge in [-0.3, -0.25) is 4.79 Å². The predicted molar refractivity (Wildman–Crippen MR) is 169 cm³/mol. The minimum Gasteiger partial charge on any atom is -0.344 e. The van der Waals surface area contributed by atoms with Crippen molar-refractivity contribution in [1.82, 2.24) is 5.32 Å². The maximum Gasteiger partial charge on any atom is 0.207 e. The summed E-state index contributed by atoms with van der Waals surface area (Å²) in [6, 6.07) is 7.17. The second-order valence-corrected chi connectivity index (χ2v) is 17.3. The Kier molecular flexibility index (Phi) is 9.15. The van der Waals surface area contributed by atoms with E-state index in [9.17, 15) is 13.2 Å². The van der Waals surface area contributed by atoms with Crippen LogP contribution in [0.4, 0.5) is 0 Å². The highest BCUT2D eigenvalue weighted by molar-refractivity contribution is 7.91. The lowest BCUT2D eigenvalue weighted by molar-refractivity contribution is -0.109. The fraction of sp³-hybridized carbons (Fsp3) is 0.750. The van der Waals surface area contributed by atoms with Crippen LogP contribution in [0.2, 0.25) is 0 Å². The van der Waals surface area contributed by atoms with Crippen LogP contribution in [0.1, 0.15) is 117 Å². The molecule has 8 atom stereocenters. The van der Waals surface area contributed by atoms with E-state index in [1.54, 1.807) is 12.1 Å². The van der Waals surface area contributed by atoms with Crippen molar-refractivity contribution in [3.63, 3.8) is 0 Å². The SMILES string of the molecule is CC(C)CCC[C@@H](C)[C@H]1CC[C@H]2[C@@H]3CCC4CC(=Cc5ccc(S(=O)(=O)CNC=O)cc5)CC[C@]4(C)[C@H]3CC[C@]12C. The lowest BCUT2D eigenvalue weighted by Gasteiger charge is -2.61. The van der Waals surface area contributed by atoms with Crippen LogP contribution in [0.15, 0.2) is 34.7 Å². The fourth-order valence-corrected chi connectivity index (χ4v) is 11.5. The van der Waals surface area contributed by atoms with Crippen LogP contribution in [0.3, 0.4) is 0 Å². The van der Waals surface area contributed by atoms with E-state index in [-0.39, 0.29) is 10.8 Å². The molecule has 0 aliphatic heterocycles. The van der Waals surface area contributed by atoms with Gasteiger partial charge in [0.05, 0.1) is 4.90 Å². The molecule has 0 aromatic heterocycles. The average molecular weight is 582 g/mol. The Morgan fingerprint density at radius 1 is 0.927 bits per heavy atom. The van der Waals surface area contributed by atoms with E-state index < -0.39 is 9.84 Å². The molecule has 4 saturated carbocycles. The number of hydrogen-bond donors (Lipinski definition) is 1. The van der Waals surface area contributed by atoms with Crippen LogP contribution in [0.25, 0.3) is 6.08 Å². The number of carbonyl (C=O) groups is 1. The van der Waals surface area contributed by atoms with Gasteiger partial charge in [0.1, 0.15) is 5.88 Å². The van der Waals surface area contributed by atoms with E-state index in [0.717, 1.165) is 53.4 Å². The van der Waals surface area contributed by atoms with Crippen LogP contribution < -0.4 is 5.32 Å². The van der Waals surface area contributed by atoms with Crippen LogP contribution in [-0.4, -0.2) is 20.7 Å². The number of nitrogens with one attached hydrogen (secondary N) is 1. The van der Waals surface area contributed by atoms with Gasteiger partial charge in [0, 0.05) is 0 Å². The van der Waals surface area contributed by atoms with Crippen LogP contribution in [0.5, 0.6) is 0 Å². The second-order valence-electron chi connectivity index (χ2n) is 15.3. The summed E-state index contributed by atoms with van der Waals surface area (Å²) in [6.07, 6.45) is 19.2. The van der Waals surface area contributed by atoms with Crippen molar-refractivity contribution in [3.8, 4) is 0 Å². The minimum absolute atomic E-state index is 0.256. The molecule has 41 heavy (non-hydrogen) atoms. The molecule has 4 aliphatic carbocycles. The zero-order valence-electron chi connectivity index (χ0n) is 26.3. The highest BCUT2D eigenvalue weighted by Gasteiger charge is 2.60. The summed E-state index contributed by atoms with van der Waals surface area (Å²) in [6.45, 7) is 12.7. The van der Waals surface area contributed by atoms with Crippen molar-refractivity contribution >= 4 is 22.3 Å². The minimum atomic E-state index is -3.50. The molecule has 4 nitrogen and oxygen atoms in total. The molecule has 5 heteroatoms. The van der Waals surface area contributed by atoms with E-state index in [0.29, 0.717) is 17.2 Å². The molecule has 5 rings (SSSR count). The molecule has 1 aromatic rings. The summed E-state index contributed by atoms with van der Waals surface area (Å²) in [5.74, 6) is 5.79. The van der Waals surface area contributed by atoms with Crippen molar-refractivity contribution in [3.05, 3.63) is 35.4 Å². The molecule has 1 unspecified atom stereocenters. The van der Waals surface area contributed by atoms with Gasteiger partial charge in [-0.1, -0.05) is 77.7 Å². The first-order valence-corrected chi connectivity index (χ1v) is 18.3. The molecule has 1 amide bonds. The van der Waals surface area contributed by atoms with Crippen molar-refractivity contribution in [2.75, 3.05) is 5.88 Å². The van der Waals surface area contributed by atoms with Crippen molar-refractivity contribution in [2.45, 2.75) is 117 Å². The smallest absolute Gasteiger partial charge is 0.207 e. The highest BCUT2D eigenvalue weighted by atomic mass is 32.2. The fourth-order valence-electron chi connectivity index (χ4n) is 10.5. The topological polar surface area (TPSA) is 63.2 Å². The van der Waals surface area contributed by atoms with E-state index in [1.807, 2.05) is 12.1 Å². The molecule has 0 bridgehead atoms. The lowest BCUT2D eigenvalue weighted by Crippen LogP contribution is -2.53. The molecule has 228 valence electrons. The Morgan fingerprint density at radius 3 is 2.37 bits per heavy atom. The largest absolute Gasteiger partial charge is 0.344 e. The summed E-state index contributed by atoms with van der Waals surface area (Å²) in [4.78, 5) is 10.8. The summed E-state index contributed by atoms with van der Waals surface area (Å²) in [5.41, 5.74) is 3.63. The Morgan fingerprint density at radius 2 is 1.66 bits per heavy atom. The van der Waals surface area contributed by atoms with E-state index in [2.05, 4.69) is 46.0 Å². The van der Waals surface area contributed by atoms with Gasteiger partial charge in [-0.15, -0.1) is 0 Å². The zero-order chi connectivity index (χ0) is 29.4. The van der Waals surface area contributed by atoms with Gasteiger partial charge in [0.25, 0.3) is 0 Å². The second kappa shape index (κ2) is 12.2. The third kappa shape index (κ3) is 6.08. The van der Waals surface area contributed by atoms with E-state index >= 15 is 0 Å². The highest BCUT2D eigenvalue weighted by Crippen LogP contribution is 2.68. The molecule has 0 saturated heterocycles. The van der Waals surface area contributed by atoms with E-state index in [4.69, 9.17) is 0 Å². The van der Waals surface area contributed by atoms with E-state index in [1.165, 1.54) is 76.2 Å². The molecule has 0 spiro atoms. The maximum absolute atomic E-state index is 12.4. The number of fused-ring (bicyclic) bond motifs is 5. The van der Waals surface area contributed by atoms with Crippen LogP contribution in [-0.2, 0) is 14.6 Å². The molecule has 0 radical (unpaired) electrons. The normalized spacial score (nSPS) is 36.8. The number of allylic oxidation sites excluding steroid dienone is 1. The number of carbonyl (C=O) groups excluding carboxylic acids is 1.